The molecule has 1 saturated carbocycles. The van der Waals surface area contributed by atoms with Crippen molar-refractivity contribution in [2.45, 2.75) is 31.6 Å². The first-order valence-corrected chi connectivity index (χ1v) is 10.4. The monoisotopic (exact) mass is 391 g/mol. The molecule has 29 heavy (non-hydrogen) atoms. The van der Waals surface area contributed by atoms with Gasteiger partial charge < -0.3 is 14.7 Å². The van der Waals surface area contributed by atoms with E-state index in [1.165, 1.54) is 22.3 Å². The van der Waals surface area contributed by atoms with E-state index < -0.39 is 11.4 Å². The van der Waals surface area contributed by atoms with E-state index in [2.05, 4.69) is 24.3 Å². The average Bonchev–Trinajstić information content (AvgIpc) is 3.51. The molecule has 0 aromatic heterocycles. The maximum atomic E-state index is 12.8. The van der Waals surface area contributed by atoms with Crippen molar-refractivity contribution in [2.24, 2.45) is 11.3 Å². The third-order valence-corrected chi connectivity index (χ3v) is 7.01. The zero-order valence-corrected chi connectivity index (χ0v) is 16.3. The fourth-order valence-electron chi connectivity index (χ4n) is 5.21. The van der Waals surface area contributed by atoms with E-state index in [-0.39, 0.29) is 17.9 Å². The van der Waals surface area contributed by atoms with Gasteiger partial charge in [0.2, 0.25) is 0 Å². The van der Waals surface area contributed by atoms with Gasteiger partial charge in [0, 0.05) is 19.0 Å². The number of amides is 1. The summed E-state index contributed by atoms with van der Waals surface area (Å²) in [5.74, 6) is -0.633. The number of hydrogen-bond donors (Lipinski definition) is 1. The van der Waals surface area contributed by atoms with Gasteiger partial charge in [0.05, 0.1) is 5.41 Å². The number of carbonyl (C=O) groups is 2. The number of rotatable bonds is 4. The van der Waals surface area contributed by atoms with E-state index in [1.807, 2.05) is 24.3 Å². The average molecular weight is 391 g/mol. The number of nitrogens with zero attached hydrogens (tertiary/aromatic N) is 1. The van der Waals surface area contributed by atoms with E-state index in [0.29, 0.717) is 19.7 Å². The summed E-state index contributed by atoms with van der Waals surface area (Å²) in [5.41, 5.74) is 4.20. The summed E-state index contributed by atoms with van der Waals surface area (Å²) >= 11 is 0. The molecular formula is C24H25NO4. The summed E-state index contributed by atoms with van der Waals surface area (Å²) in [6, 6.07) is 16.6. The van der Waals surface area contributed by atoms with Gasteiger partial charge in [-0.05, 0) is 53.9 Å². The predicted octanol–water partition coefficient (Wildman–Crippen LogP) is 4.51. The molecule has 1 aliphatic heterocycles. The van der Waals surface area contributed by atoms with Crippen molar-refractivity contribution in [3.63, 3.8) is 0 Å². The van der Waals surface area contributed by atoms with Gasteiger partial charge in [-0.2, -0.15) is 0 Å². The lowest BCUT2D eigenvalue weighted by Gasteiger charge is -2.35. The molecule has 1 saturated heterocycles. The summed E-state index contributed by atoms with van der Waals surface area (Å²) in [5, 5.41) is 9.58. The van der Waals surface area contributed by atoms with Crippen LogP contribution in [0.1, 0.15) is 42.7 Å². The second-order valence-corrected chi connectivity index (χ2v) is 8.55. The van der Waals surface area contributed by atoms with Crippen LogP contribution in [-0.4, -0.2) is 41.8 Å². The number of aliphatic carboxylic acids is 1. The van der Waals surface area contributed by atoms with Crippen LogP contribution in [-0.2, 0) is 9.53 Å². The van der Waals surface area contributed by atoms with Crippen molar-refractivity contribution in [3.05, 3.63) is 59.7 Å². The minimum atomic E-state index is -0.711. The molecule has 1 N–H and O–H groups in total. The van der Waals surface area contributed by atoms with Crippen LogP contribution in [0.25, 0.3) is 11.1 Å². The van der Waals surface area contributed by atoms with Crippen LogP contribution in [0.5, 0.6) is 0 Å². The Labute approximate surface area is 170 Å². The lowest BCUT2D eigenvalue weighted by molar-refractivity contribution is -0.146. The number of benzene rings is 2. The highest BCUT2D eigenvalue weighted by atomic mass is 16.6. The highest BCUT2D eigenvalue weighted by Crippen LogP contribution is 2.54. The Bertz CT molecular complexity index is 919. The highest BCUT2D eigenvalue weighted by molar-refractivity contribution is 5.79. The molecular weight excluding hydrogens is 366 g/mol. The van der Waals surface area contributed by atoms with Gasteiger partial charge in [0.1, 0.15) is 6.61 Å². The number of fused-ring (bicyclic) bond motifs is 3. The van der Waals surface area contributed by atoms with E-state index >= 15 is 0 Å². The molecule has 5 heteroatoms. The van der Waals surface area contributed by atoms with E-state index in [4.69, 9.17) is 4.74 Å². The molecule has 1 heterocycles. The van der Waals surface area contributed by atoms with Gasteiger partial charge in [-0.25, -0.2) is 4.79 Å². The standard InChI is InChI=1S/C24H25NO4/c26-22(27)24(11-12-24)16-6-5-13-25(14-16)23(28)29-15-21-19-9-3-1-7-17(19)18-8-2-4-10-20(18)21/h1-4,7-10,16,21H,5-6,11-15H2,(H,26,27). The molecule has 5 nitrogen and oxygen atoms in total. The second-order valence-electron chi connectivity index (χ2n) is 8.55. The van der Waals surface area contributed by atoms with Crippen LogP contribution in [0.3, 0.4) is 0 Å². The maximum absolute atomic E-state index is 12.8. The highest BCUT2D eigenvalue weighted by Gasteiger charge is 2.56. The molecule has 0 radical (unpaired) electrons. The largest absolute Gasteiger partial charge is 0.481 e. The van der Waals surface area contributed by atoms with Gasteiger partial charge >= 0.3 is 12.1 Å². The van der Waals surface area contributed by atoms with Crippen LogP contribution in [0.2, 0.25) is 0 Å². The maximum Gasteiger partial charge on any atom is 0.409 e. The van der Waals surface area contributed by atoms with Crippen LogP contribution in [0.15, 0.2) is 48.5 Å². The Kier molecular flexibility index (Phi) is 4.34. The number of carboxylic acid groups (broad SMARTS) is 1. The minimum absolute atomic E-state index is 0.0363. The molecule has 150 valence electrons. The molecule has 0 bridgehead atoms. The first-order chi connectivity index (χ1) is 14.1. The van der Waals surface area contributed by atoms with Gasteiger partial charge in [-0.1, -0.05) is 48.5 Å². The Balaban J connectivity index is 1.28. The molecule has 3 aliphatic rings. The third kappa shape index (κ3) is 3.00. The van der Waals surface area contributed by atoms with Crippen LogP contribution in [0, 0.1) is 11.3 Å². The first kappa shape index (κ1) is 18.2. The lowest BCUT2D eigenvalue weighted by atomic mass is 9.83. The number of hydrogen-bond acceptors (Lipinski definition) is 3. The number of likely N-dealkylation sites (tertiary alicyclic amines) is 1. The number of ether oxygens (including phenoxy) is 1. The zero-order valence-electron chi connectivity index (χ0n) is 16.3. The predicted molar refractivity (Wildman–Crippen MR) is 109 cm³/mol. The summed E-state index contributed by atoms with van der Waals surface area (Å²) in [6.07, 6.45) is 2.85. The fraction of sp³-hybridized carbons (Fsp3) is 0.417. The van der Waals surface area contributed by atoms with Crippen molar-refractivity contribution in [1.29, 1.82) is 0 Å². The molecule has 0 spiro atoms. The molecule has 1 amide bonds. The van der Waals surface area contributed by atoms with Crippen molar-refractivity contribution in [2.75, 3.05) is 19.7 Å². The Hall–Kier alpha value is -2.82. The molecule has 5 rings (SSSR count). The number of carboxylic acids is 1. The van der Waals surface area contributed by atoms with Crippen molar-refractivity contribution in [3.8, 4) is 11.1 Å². The first-order valence-electron chi connectivity index (χ1n) is 10.4. The second kappa shape index (κ2) is 6.90. The Morgan fingerprint density at radius 1 is 1.03 bits per heavy atom. The van der Waals surface area contributed by atoms with Gasteiger partial charge in [0.25, 0.3) is 0 Å². The van der Waals surface area contributed by atoms with Crippen molar-refractivity contribution in [1.82, 2.24) is 4.90 Å². The number of piperidine rings is 1. The summed E-state index contributed by atoms with van der Waals surface area (Å²) in [6.45, 7) is 1.43. The van der Waals surface area contributed by atoms with Crippen molar-refractivity contribution >= 4 is 12.1 Å². The molecule has 1 unspecified atom stereocenters. The molecule has 2 fully saturated rings. The number of carbonyl (C=O) groups excluding carboxylic acids is 1. The summed E-state index contributed by atoms with van der Waals surface area (Å²) in [7, 11) is 0. The molecule has 2 aromatic rings. The molecule has 2 aromatic carbocycles. The van der Waals surface area contributed by atoms with Gasteiger partial charge in [0.15, 0.2) is 0 Å². The third-order valence-electron chi connectivity index (χ3n) is 7.01. The van der Waals surface area contributed by atoms with Crippen LogP contribution in [0.4, 0.5) is 4.79 Å². The van der Waals surface area contributed by atoms with Crippen molar-refractivity contribution < 1.29 is 19.4 Å². The summed E-state index contributed by atoms with van der Waals surface area (Å²) in [4.78, 5) is 26.2. The van der Waals surface area contributed by atoms with E-state index in [1.54, 1.807) is 4.90 Å². The lowest BCUT2D eigenvalue weighted by Crippen LogP contribution is -2.44. The van der Waals surface area contributed by atoms with Gasteiger partial charge in [-0.15, -0.1) is 0 Å². The summed E-state index contributed by atoms with van der Waals surface area (Å²) < 4.78 is 5.76. The Morgan fingerprint density at radius 2 is 1.66 bits per heavy atom. The normalized spacial score (nSPS) is 21.9. The fourth-order valence-corrected chi connectivity index (χ4v) is 5.21. The van der Waals surface area contributed by atoms with E-state index in [9.17, 15) is 14.7 Å². The molecule has 1 atom stereocenters. The quantitative estimate of drug-likeness (QED) is 0.833. The van der Waals surface area contributed by atoms with Crippen LogP contribution >= 0.6 is 0 Å². The Morgan fingerprint density at radius 3 is 2.24 bits per heavy atom. The van der Waals surface area contributed by atoms with Crippen LogP contribution < -0.4 is 0 Å². The topological polar surface area (TPSA) is 66.8 Å². The van der Waals surface area contributed by atoms with Gasteiger partial charge in [-0.3, -0.25) is 4.79 Å². The smallest absolute Gasteiger partial charge is 0.409 e. The molecule has 2 aliphatic carbocycles. The van der Waals surface area contributed by atoms with E-state index in [0.717, 1.165) is 25.7 Å². The minimum Gasteiger partial charge on any atom is -0.481 e. The SMILES string of the molecule is O=C(OCC1c2ccccc2-c2ccccc21)N1CCCC(C2(C(=O)O)CC2)C1. The zero-order chi connectivity index (χ0) is 20.0.